The van der Waals surface area contributed by atoms with Gasteiger partial charge in [0, 0.05) is 12.6 Å². The van der Waals surface area contributed by atoms with Gasteiger partial charge in [0.1, 0.15) is 0 Å². The second-order valence-corrected chi connectivity index (χ2v) is 7.63. The van der Waals surface area contributed by atoms with E-state index in [2.05, 4.69) is 10.3 Å². The van der Waals surface area contributed by atoms with Crippen molar-refractivity contribution in [2.75, 3.05) is 6.54 Å². The SMILES string of the molecule is O[C@H]1CCCN[C@@H]1CCCn1cnc2ccc(-c3cccc(C(F)(F)F)c3)cc21. The average Bonchev–Trinajstić information content (AvgIpc) is 3.11. The lowest BCUT2D eigenvalue weighted by Crippen LogP contribution is -2.44. The zero-order valence-corrected chi connectivity index (χ0v) is 16.0. The summed E-state index contributed by atoms with van der Waals surface area (Å²) >= 11 is 0. The maximum Gasteiger partial charge on any atom is 0.416 e. The van der Waals surface area contributed by atoms with Crippen LogP contribution in [-0.4, -0.2) is 33.3 Å². The molecule has 154 valence electrons. The van der Waals surface area contributed by atoms with Gasteiger partial charge in [0.15, 0.2) is 0 Å². The number of halogens is 3. The minimum absolute atomic E-state index is 0.124. The van der Waals surface area contributed by atoms with Crippen molar-refractivity contribution < 1.29 is 18.3 Å². The number of aromatic nitrogens is 2. The molecule has 2 atom stereocenters. The Morgan fingerprint density at radius 1 is 1.14 bits per heavy atom. The first-order valence-corrected chi connectivity index (χ1v) is 9.96. The molecular formula is C22H24F3N3O. The van der Waals surface area contributed by atoms with Gasteiger partial charge in [-0.1, -0.05) is 18.2 Å². The summed E-state index contributed by atoms with van der Waals surface area (Å²) in [7, 11) is 0. The summed E-state index contributed by atoms with van der Waals surface area (Å²) in [5.74, 6) is 0. The highest BCUT2D eigenvalue weighted by Crippen LogP contribution is 2.33. The topological polar surface area (TPSA) is 50.1 Å². The molecule has 4 nitrogen and oxygen atoms in total. The van der Waals surface area contributed by atoms with E-state index in [9.17, 15) is 18.3 Å². The van der Waals surface area contributed by atoms with Crippen molar-refractivity contribution in [3.63, 3.8) is 0 Å². The molecule has 7 heteroatoms. The smallest absolute Gasteiger partial charge is 0.392 e. The van der Waals surface area contributed by atoms with Crippen LogP contribution in [0.3, 0.4) is 0 Å². The minimum atomic E-state index is -4.36. The maximum atomic E-state index is 13.0. The van der Waals surface area contributed by atoms with Crippen LogP contribution in [0, 0.1) is 0 Å². The van der Waals surface area contributed by atoms with Gasteiger partial charge in [-0.3, -0.25) is 0 Å². The fourth-order valence-corrected chi connectivity index (χ4v) is 4.00. The number of imidazole rings is 1. The second kappa shape index (κ2) is 8.16. The van der Waals surface area contributed by atoms with E-state index in [1.807, 2.05) is 16.7 Å². The third-order valence-electron chi connectivity index (χ3n) is 5.61. The van der Waals surface area contributed by atoms with Gasteiger partial charge in [-0.2, -0.15) is 13.2 Å². The van der Waals surface area contributed by atoms with Crippen LogP contribution in [0.1, 0.15) is 31.2 Å². The summed E-state index contributed by atoms with van der Waals surface area (Å²) in [6, 6.07) is 11.0. The molecule has 29 heavy (non-hydrogen) atoms. The van der Waals surface area contributed by atoms with Crippen molar-refractivity contribution in [3.05, 3.63) is 54.4 Å². The number of fused-ring (bicyclic) bond motifs is 1. The fourth-order valence-electron chi connectivity index (χ4n) is 4.00. The number of piperidine rings is 1. The first-order valence-electron chi connectivity index (χ1n) is 9.96. The Morgan fingerprint density at radius 2 is 1.97 bits per heavy atom. The molecule has 0 aliphatic carbocycles. The zero-order chi connectivity index (χ0) is 20.4. The number of nitrogens with zero attached hydrogens (tertiary/aromatic N) is 2. The maximum absolute atomic E-state index is 13.0. The van der Waals surface area contributed by atoms with E-state index in [1.165, 1.54) is 12.1 Å². The molecule has 1 fully saturated rings. The quantitative estimate of drug-likeness (QED) is 0.654. The lowest BCUT2D eigenvalue weighted by Gasteiger charge is -2.29. The number of nitrogens with one attached hydrogen (secondary N) is 1. The summed E-state index contributed by atoms with van der Waals surface area (Å²) in [6.07, 6.45) is 0.706. The Hall–Kier alpha value is -2.38. The average molecular weight is 403 g/mol. The van der Waals surface area contributed by atoms with E-state index < -0.39 is 11.7 Å². The van der Waals surface area contributed by atoms with Gasteiger partial charge >= 0.3 is 6.18 Å². The van der Waals surface area contributed by atoms with E-state index in [1.54, 1.807) is 18.5 Å². The van der Waals surface area contributed by atoms with Crippen LogP contribution in [0.2, 0.25) is 0 Å². The number of hydrogen-bond donors (Lipinski definition) is 2. The molecule has 0 radical (unpaired) electrons. The third-order valence-corrected chi connectivity index (χ3v) is 5.61. The fraction of sp³-hybridized carbons (Fsp3) is 0.409. The van der Waals surface area contributed by atoms with Gasteiger partial charge in [-0.05, 0) is 67.6 Å². The number of rotatable bonds is 5. The van der Waals surface area contributed by atoms with E-state index in [0.29, 0.717) is 5.56 Å². The predicted molar refractivity (Wildman–Crippen MR) is 106 cm³/mol. The lowest BCUT2D eigenvalue weighted by molar-refractivity contribution is -0.137. The molecule has 0 amide bonds. The summed E-state index contributed by atoms with van der Waals surface area (Å²) in [6.45, 7) is 1.68. The van der Waals surface area contributed by atoms with Crippen molar-refractivity contribution in [2.45, 2.75) is 50.6 Å². The van der Waals surface area contributed by atoms with Crippen molar-refractivity contribution in [1.82, 2.24) is 14.9 Å². The molecule has 1 saturated heterocycles. The molecule has 4 rings (SSSR count). The van der Waals surface area contributed by atoms with Gasteiger partial charge in [-0.15, -0.1) is 0 Å². The summed E-state index contributed by atoms with van der Waals surface area (Å²) < 4.78 is 41.1. The summed E-state index contributed by atoms with van der Waals surface area (Å²) in [5, 5.41) is 13.4. The Labute approximate surface area is 167 Å². The molecule has 1 aliphatic rings. The molecule has 3 aromatic rings. The Morgan fingerprint density at radius 3 is 2.76 bits per heavy atom. The van der Waals surface area contributed by atoms with Crippen molar-refractivity contribution in [1.29, 1.82) is 0 Å². The molecule has 2 aromatic carbocycles. The molecule has 0 saturated carbocycles. The Kier molecular flexibility index (Phi) is 5.61. The van der Waals surface area contributed by atoms with E-state index in [0.717, 1.165) is 61.4 Å². The number of aliphatic hydroxyl groups excluding tert-OH is 1. The monoisotopic (exact) mass is 403 g/mol. The first-order chi connectivity index (χ1) is 13.9. The van der Waals surface area contributed by atoms with Crippen molar-refractivity contribution in [2.24, 2.45) is 0 Å². The van der Waals surface area contributed by atoms with E-state index >= 15 is 0 Å². The van der Waals surface area contributed by atoms with Gasteiger partial charge < -0.3 is 15.0 Å². The van der Waals surface area contributed by atoms with Gasteiger partial charge in [0.2, 0.25) is 0 Å². The van der Waals surface area contributed by atoms with Crippen LogP contribution in [-0.2, 0) is 12.7 Å². The molecule has 0 bridgehead atoms. The number of alkyl halides is 3. The van der Waals surface area contributed by atoms with Gasteiger partial charge in [0.25, 0.3) is 0 Å². The first kappa shape index (κ1) is 19.9. The van der Waals surface area contributed by atoms with Crippen molar-refractivity contribution in [3.8, 4) is 11.1 Å². The Balaban J connectivity index is 1.52. The number of hydrogen-bond acceptors (Lipinski definition) is 3. The lowest BCUT2D eigenvalue weighted by atomic mass is 9.97. The third kappa shape index (κ3) is 4.46. The van der Waals surface area contributed by atoms with Crippen LogP contribution in [0.5, 0.6) is 0 Å². The summed E-state index contributed by atoms with van der Waals surface area (Å²) in [5.41, 5.74) is 2.33. The number of benzene rings is 2. The second-order valence-electron chi connectivity index (χ2n) is 7.63. The predicted octanol–water partition coefficient (Wildman–Crippen LogP) is 4.62. The molecule has 1 aliphatic heterocycles. The molecule has 2 N–H and O–H groups in total. The minimum Gasteiger partial charge on any atom is -0.392 e. The van der Waals surface area contributed by atoms with Crippen LogP contribution in [0.25, 0.3) is 22.2 Å². The highest BCUT2D eigenvalue weighted by Gasteiger charge is 2.30. The molecule has 0 spiro atoms. The van der Waals surface area contributed by atoms with Gasteiger partial charge in [-0.25, -0.2) is 4.98 Å². The van der Waals surface area contributed by atoms with Crippen molar-refractivity contribution >= 4 is 11.0 Å². The summed E-state index contributed by atoms with van der Waals surface area (Å²) in [4.78, 5) is 4.41. The van der Waals surface area contributed by atoms with Crippen LogP contribution in [0.4, 0.5) is 13.2 Å². The standard InChI is InChI=1S/C22H24F3N3O/c23-22(24,25)17-5-1-4-15(12-17)16-8-9-18-20(13-16)28(14-27-18)11-3-6-19-21(29)7-2-10-26-19/h1,4-5,8-9,12-14,19,21,26,29H,2-3,6-7,10-11H2/t19-,21+/m1/s1. The molecular weight excluding hydrogens is 379 g/mol. The normalized spacial score (nSPS) is 20.3. The number of aryl methyl sites for hydroxylation is 1. The number of aliphatic hydroxyl groups is 1. The zero-order valence-electron chi connectivity index (χ0n) is 16.0. The Bertz CT molecular complexity index is 983. The van der Waals surface area contributed by atoms with E-state index in [4.69, 9.17) is 0 Å². The molecule has 2 heterocycles. The van der Waals surface area contributed by atoms with Gasteiger partial charge in [0.05, 0.1) is 29.0 Å². The van der Waals surface area contributed by atoms with E-state index in [-0.39, 0.29) is 12.1 Å². The highest BCUT2D eigenvalue weighted by molar-refractivity contribution is 5.82. The molecule has 1 aromatic heterocycles. The van der Waals surface area contributed by atoms with Crippen LogP contribution in [0.15, 0.2) is 48.8 Å². The van der Waals surface area contributed by atoms with Crippen LogP contribution < -0.4 is 5.32 Å². The molecule has 0 unspecified atom stereocenters. The highest BCUT2D eigenvalue weighted by atomic mass is 19.4. The largest absolute Gasteiger partial charge is 0.416 e. The van der Waals surface area contributed by atoms with Crippen LogP contribution >= 0.6 is 0 Å².